The lowest BCUT2D eigenvalue weighted by Gasteiger charge is -2.34. The number of amides is 1. The van der Waals surface area contributed by atoms with Crippen molar-refractivity contribution in [2.75, 3.05) is 73.6 Å². The monoisotopic (exact) mass is 400 g/mol. The summed E-state index contributed by atoms with van der Waals surface area (Å²) in [6.07, 6.45) is 7.11. The van der Waals surface area contributed by atoms with E-state index in [1.807, 2.05) is 0 Å². The van der Waals surface area contributed by atoms with E-state index in [9.17, 15) is 4.79 Å². The van der Waals surface area contributed by atoms with Crippen LogP contribution in [0.15, 0.2) is 0 Å². The van der Waals surface area contributed by atoms with Crippen molar-refractivity contribution in [1.82, 2.24) is 25.2 Å². The largest absolute Gasteiger partial charge is 0.352 e. The summed E-state index contributed by atoms with van der Waals surface area (Å²) in [5.74, 6) is 2.63. The van der Waals surface area contributed by atoms with Crippen molar-refractivity contribution in [1.29, 1.82) is 0 Å². The van der Waals surface area contributed by atoms with E-state index < -0.39 is 0 Å². The minimum Gasteiger partial charge on any atom is -0.352 e. The minimum absolute atomic E-state index is 0.161. The molecule has 0 spiro atoms. The molecule has 0 aromatic carbocycles. The van der Waals surface area contributed by atoms with Crippen molar-refractivity contribution in [3.8, 4) is 0 Å². The zero-order valence-electron chi connectivity index (χ0n) is 17.2. The zero-order valence-corrected chi connectivity index (χ0v) is 17.2. The molecule has 1 N–H and O–H groups in total. The summed E-state index contributed by atoms with van der Waals surface area (Å²) in [6.45, 7) is 8.06. The van der Waals surface area contributed by atoms with Crippen molar-refractivity contribution < 1.29 is 4.79 Å². The number of aromatic nitrogens is 3. The number of hydrogen-bond donors (Lipinski definition) is 1. The van der Waals surface area contributed by atoms with Crippen molar-refractivity contribution in [2.45, 2.75) is 44.6 Å². The summed E-state index contributed by atoms with van der Waals surface area (Å²) in [6, 6.07) is 0.432. The molecule has 1 saturated carbocycles. The molecular formula is C20H32N8O. The molecule has 158 valence electrons. The van der Waals surface area contributed by atoms with Crippen molar-refractivity contribution in [3.63, 3.8) is 0 Å². The normalized spacial score (nSPS) is 23.1. The molecule has 1 aliphatic carbocycles. The van der Waals surface area contributed by atoms with Crippen LogP contribution in [0.1, 0.15) is 38.5 Å². The zero-order chi connectivity index (χ0) is 19.6. The molecule has 1 aromatic rings. The number of nitrogens with zero attached hydrogens (tertiary/aromatic N) is 7. The maximum Gasteiger partial charge on any atom is 0.234 e. The lowest BCUT2D eigenvalue weighted by Crippen LogP contribution is -2.50. The molecule has 0 atom stereocenters. The van der Waals surface area contributed by atoms with Crippen LogP contribution in [0.25, 0.3) is 0 Å². The Morgan fingerprint density at radius 1 is 0.724 bits per heavy atom. The quantitative estimate of drug-likeness (QED) is 0.738. The molecule has 3 saturated heterocycles. The number of carbonyl (C=O) groups is 1. The van der Waals surface area contributed by atoms with Gasteiger partial charge >= 0.3 is 0 Å². The standard InChI is InChI=1S/C20H32N8O/c29-17(21-16-5-6-16)15-25-11-13-28(14-12-25)20-23-18(26-7-1-2-8-26)22-19(24-20)27-9-3-4-10-27/h16H,1-15H2,(H,21,29). The highest BCUT2D eigenvalue weighted by Crippen LogP contribution is 2.25. The molecule has 4 heterocycles. The average molecular weight is 401 g/mol. The van der Waals surface area contributed by atoms with Crippen LogP contribution in [0, 0.1) is 0 Å². The molecule has 4 fully saturated rings. The maximum atomic E-state index is 12.1. The number of piperazine rings is 1. The van der Waals surface area contributed by atoms with Crippen LogP contribution >= 0.6 is 0 Å². The summed E-state index contributed by atoms with van der Waals surface area (Å²) >= 11 is 0. The second-order valence-corrected chi connectivity index (χ2v) is 8.73. The van der Waals surface area contributed by atoms with Crippen LogP contribution < -0.4 is 20.0 Å². The minimum atomic E-state index is 0.161. The van der Waals surface area contributed by atoms with Gasteiger partial charge in [-0.1, -0.05) is 0 Å². The van der Waals surface area contributed by atoms with E-state index in [2.05, 4.69) is 24.9 Å². The lowest BCUT2D eigenvalue weighted by molar-refractivity contribution is -0.122. The Hall–Kier alpha value is -2.16. The van der Waals surface area contributed by atoms with Gasteiger partial charge in [0.25, 0.3) is 0 Å². The van der Waals surface area contributed by atoms with Gasteiger partial charge in [0.15, 0.2) is 0 Å². The molecule has 9 nitrogen and oxygen atoms in total. The predicted molar refractivity (Wildman–Crippen MR) is 113 cm³/mol. The van der Waals surface area contributed by atoms with Crippen LogP contribution in [-0.4, -0.2) is 90.7 Å². The summed E-state index contributed by atoms with van der Waals surface area (Å²) in [5, 5.41) is 3.08. The van der Waals surface area contributed by atoms with E-state index >= 15 is 0 Å². The van der Waals surface area contributed by atoms with Gasteiger partial charge in [-0.15, -0.1) is 0 Å². The van der Waals surface area contributed by atoms with Gasteiger partial charge in [0.2, 0.25) is 23.8 Å². The number of carbonyl (C=O) groups excluding carboxylic acids is 1. The fourth-order valence-electron chi connectivity index (χ4n) is 4.41. The van der Waals surface area contributed by atoms with Gasteiger partial charge in [0.1, 0.15) is 0 Å². The third-order valence-electron chi connectivity index (χ3n) is 6.34. The van der Waals surface area contributed by atoms with Gasteiger partial charge in [-0.25, -0.2) is 0 Å². The molecule has 3 aliphatic heterocycles. The first-order valence-electron chi connectivity index (χ1n) is 11.3. The van der Waals surface area contributed by atoms with Crippen LogP contribution in [0.4, 0.5) is 17.8 Å². The number of anilines is 3. The molecule has 4 aliphatic rings. The molecule has 5 rings (SSSR count). The molecule has 1 aromatic heterocycles. The molecule has 0 unspecified atom stereocenters. The smallest absolute Gasteiger partial charge is 0.234 e. The van der Waals surface area contributed by atoms with Crippen LogP contribution in [0.5, 0.6) is 0 Å². The molecule has 9 heteroatoms. The van der Waals surface area contributed by atoms with E-state index in [1.165, 1.54) is 25.7 Å². The Bertz CT molecular complexity index is 685. The van der Waals surface area contributed by atoms with Gasteiger partial charge in [-0.3, -0.25) is 9.69 Å². The van der Waals surface area contributed by atoms with Gasteiger partial charge in [-0.05, 0) is 38.5 Å². The maximum absolute atomic E-state index is 12.1. The Morgan fingerprint density at radius 2 is 1.17 bits per heavy atom. The fraction of sp³-hybridized carbons (Fsp3) is 0.800. The highest BCUT2D eigenvalue weighted by Gasteiger charge is 2.27. The highest BCUT2D eigenvalue weighted by atomic mass is 16.2. The summed E-state index contributed by atoms with van der Waals surface area (Å²) < 4.78 is 0. The van der Waals surface area contributed by atoms with Crippen LogP contribution in [0.2, 0.25) is 0 Å². The fourth-order valence-corrected chi connectivity index (χ4v) is 4.41. The van der Waals surface area contributed by atoms with E-state index in [0.29, 0.717) is 12.6 Å². The predicted octanol–water partition coefficient (Wildman–Crippen LogP) is 0.473. The van der Waals surface area contributed by atoms with Gasteiger partial charge in [-0.2, -0.15) is 15.0 Å². The number of nitrogens with one attached hydrogen (secondary N) is 1. The second kappa shape index (κ2) is 8.30. The van der Waals surface area contributed by atoms with Crippen LogP contribution in [-0.2, 0) is 4.79 Å². The second-order valence-electron chi connectivity index (χ2n) is 8.73. The Morgan fingerprint density at radius 3 is 1.62 bits per heavy atom. The van der Waals surface area contributed by atoms with Gasteiger partial charge in [0, 0.05) is 58.4 Å². The third-order valence-corrected chi connectivity index (χ3v) is 6.34. The number of rotatable bonds is 6. The van der Waals surface area contributed by atoms with Crippen LogP contribution in [0.3, 0.4) is 0 Å². The van der Waals surface area contributed by atoms with Crippen molar-refractivity contribution in [2.24, 2.45) is 0 Å². The number of hydrogen-bond acceptors (Lipinski definition) is 8. The first-order chi connectivity index (χ1) is 14.2. The Labute approximate surface area is 172 Å². The summed E-state index contributed by atoms with van der Waals surface area (Å²) in [4.78, 5) is 35.7. The van der Waals surface area contributed by atoms with Crippen molar-refractivity contribution in [3.05, 3.63) is 0 Å². The SMILES string of the molecule is O=C(CN1CCN(c2nc(N3CCCC3)nc(N3CCCC3)n2)CC1)NC1CC1. The molecule has 29 heavy (non-hydrogen) atoms. The van der Waals surface area contributed by atoms with Gasteiger partial charge < -0.3 is 20.0 Å². The molecule has 1 amide bonds. The van der Waals surface area contributed by atoms with E-state index in [-0.39, 0.29) is 5.91 Å². The topological polar surface area (TPSA) is 80.7 Å². The summed E-state index contributed by atoms with van der Waals surface area (Å²) in [5.41, 5.74) is 0. The summed E-state index contributed by atoms with van der Waals surface area (Å²) in [7, 11) is 0. The Kier molecular flexibility index (Phi) is 5.39. The molecular weight excluding hydrogens is 368 g/mol. The first-order valence-corrected chi connectivity index (χ1v) is 11.3. The molecule has 0 bridgehead atoms. The Balaban J connectivity index is 1.26. The lowest BCUT2D eigenvalue weighted by atomic mass is 10.3. The van der Waals surface area contributed by atoms with E-state index in [0.717, 1.165) is 83.0 Å². The van der Waals surface area contributed by atoms with E-state index in [1.54, 1.807) is 0 Å². The van der Waals surface area contributed by atoms with Crippen molar-refractivity contribution >= 4 is 23.8 Å². The van der Waals surface area contributed by atoms with E-state index in [4.69, 9.17) is 15.0 Å². The average Bonchev–Trinajstić information content (AvgIpc) is 3.20. The van der Waals surface area contributed by atoms with Gasteiger partial charge in [0.05, 0.1) is 6.54 Å². The first kappa shape index (κ1) is 18.8. The third kappa shape index (κ3) is 4.55. The molecule has 0 radical (unpaired) electrons. The highest BCUT2D eigenvalue weighted by molar-refractivity contribution is 5.78.